The van der Waals surface area contributed by atoms with Crippen molar-refractivity contribution >= 4 is 17.9 Å². The molecule has 0 unspecified atom stereocenters. The fourth-order valence-electron chi connectivity index (χ4n) is 1.60. The fraction of sp³-hybridized carbons (Fsp3) is 0.545. The highest BCUT2D eigenvalue weighted by atomic mass is 16.5. The van der Waals surface area contributed by atoms with Crippen LogP contribution in [0.3, 0.4) is 0 Å². The Hall–Kier alpha value is -1.89. The lowest BCUT2D eigenvalue weighted by atomic mass is 10.0. The molecule has 0 bridgehead atoms. The first-order valence-corrected chi connectivity index (χ1v) is 5.44. The molecule has 1 heterocycles. The maximum Gasteiger partial charge on any atom is 0.328 e. The van der Waals surface area contributed by atoms with Crippen molar-refractivity contribution in [2.24, 2.45) is 0 Å². The number of urea groups is 1. The van der Waals surface area contributed by atoms with E-state index in [1.54, 1.807) is 0 Å². The van der Waals surface area contributed by atoms with Crippen molar-refractivity contribution in [2.45, 2.75) is 19.4 Å². The van der Waals surface area contributed by atoms with Crippen molar-refractivity contribution in [3.05, 3.63) is 12.2 Å². The van der Waals surface area contributed by atoms with E-state index >= 15 is 0 Å². The van der Waals surface area contributed by atoms with Gasteiger partial charge in [-0.05, 0) is 13.8 Å². The second kappa shape index (κ2) is 5.63. The topological polar surface area (TPSA) is 95.9 Å². The van der Waals surface area contributed by atoms with E-state index in [1.807, 2.05) is 13.8 Å². The van der Waals surface area contributed by atoms with Gasteiger partial charge in [0.1, 0.15) is 0 Å². The molecule has 0 atom stereocenters. The van der Waals surface area contributed by atoms with Crippen LogP contribution < -0.4 is 5.32 Å². The molecule has 0 radical (unpaired) electrons. The Labute approximate surface area is 104 Å². The number of carbonyl (C=O) groups is 3. The van der Waals surface area contributed by atoms with Gasteiger partial charge in [-0.3, -0.25) is 10.1 Å². The monoisotopic (exact) mass is 256 g/mol. The van der Waals surface area contributed by atoms with Crippen LogP contribution in [0.15, 0.2) is 12.2 Å². The summed E-state index contributed by atoms with van der Waals surface area (Å²) in [6, 6.07) is -0.552. The molecule has 2 N–H and O–H groups in total. The second-order valence-corrected chi connectivity index (χ2v) is 4.48. The van der Waals surface area contributed by atoms with Crippen LogP contribution in [0, 0.1) is 0 Å². The van der Waals surface area contributed by atoms with Gasteiger partial charge in [0.2, 0.25) is 0 Å². The summed E-state index contributed by atoms with van der Waals surface area (Å²) in [4.78, 5) is 34.8. The molecule has 100 valence electrons. The molecule has 1 rings (SSSR count). The molecule has 1 saturated heterocycles. The molecule has 1 fully saturated rings. The number of morpholine rings is 1. The van der Waals surface area contributed by atoms with Crippen LogP contribution in [0.2, 0.25) is 0 Å². The number of carboxylic acid groups (broad SMARTS) is 1. The van der Waals surface area contributed by atoms with Crippen molar-refractivity contribution in [1.82, 2.24) is 10.2 Å². The van der Waals surface area contributed by atoms with Gasteiger partial charge in [0.25, 0.3) is 5.91 Å². The van der Waals surface area contributed by atoms with E-state index in [1.165, 1.54) is 4.90 Å². The average Bonchev–Trinajstić information content (AvgIpc) is 2.25. The Morgan fingerprint density at radius 2 is 2.00 bits per heavy atom. The van der Waals surface area contributed by atoms with Crippen LogP contribution in [-0.4, -0.2) is 53.2 Å². The summed E-state index contributed by atoms with van der Waals surface area (Å²) in [5.41, 5.74) is -0.501. The highest BCUT2D eigenvalue weighted by molar-refractivity contribution is 6.02. The molecule has 0 aliphatic carbocycles. The molecule has 1 aliphatic rings. The van der Waals surface area contributed by atoms with Gasteiger partial charge in [-0.15, -0.1) is 0 Å². The summed E-state index contributed by atoms with van der Waals surface area (Å²) in [5, 5.41) is 10.5. The Morgan fingerprint density at radius 1 is 1.33 bits per heavy atom. The normalized spacial score (nSPS) is 18.7. The number of aliphatic carboxylic acids is 1. The number of imide groups is 1. The summed E-state index contributed by atoms with van der Waals surface area (Å²) < 4.78 is 5.25. The maximum absolute atomic E-state index is 11.8. The molecule has 0 aromatic rings. The molecule has 0 spiro atoms. The Balaban J connectivity index is 2.59. The third-order valence-electron chi connectivity index (χ3n) is 2.50. The Bertz CT molecular complexity index is 389. The van der Waals surface area contributed by atoms with Crippen LogP contribution in [-0.2, 0) is 14.3 Å². The average molecular weight is 256 g/mol. The maximum atomic E-state index is 11.8. The van der Waals surface area contributed by atoms with Crippen LogP contribution in [0.5, 0.6) is 0 Å². The van der Waals surface area contributed by atoms with E-state index in [-0.39, 0.29) is 0 Å². The van der Waals surface area contributed by atoms with Gasteiger partial charge in [-0.1, -0.05) is 0 Å². The summed E-state index contributed by atoms with van der Waals surface area (Å²) in [5.74, 6) is -2.01. The van der Waals surface area contributed by atoms with E-state index in [2.05, 4.69) is 5.32 Å². The predicted octanol–water partition coefficient (Wildman–Crippen LogP) is -0.0258. The van der Waals surface area contributed by atoms with Crippen molar-refractivity contribution in [2.75, 3.05) is 19.8 Å². The number of hydrogen-bond acceptors (Lipinski definition) is 4. The number of rotatable bonds is 2. The molecule has 1 aliphatic heterocycles. The van der Waals surface area contributed by atoms with Crippen molar-refractivity contribution in [1.29, 1.82) is 0 Å². The number of nitrogens with one attached hydrogen (secondary N) is 1. The first-order valence-electron chi connectivity index (χ1n) is 5.44. The number of carbonyl (C=O) groups excluding carboxylic acids is 2. The molecule has 7 heteroatoms. The minimum absolute atomic E-state index is 0.384. The van der Waals surface area contributed by atoms with Gasteiger partial charge < -0.3 is 14.7 Å². The zero-order valence-corrected chi connectivity index (χ0v) is 10.3. The van der Waals surface area contributed by atoms with Gasteiger partial charge in [0.15, 0.2) is 0 Å². The lowest BCUT2D eigenvalue weighted by Gasteiger charge is -2.41. The fourth-order valence-corrected chi connectivity index (χ4v) is 1.60. The molecular weight excluding hydrogens is 240 g/mol. The van der Waals surface area contributed by atoms with Gasteiger partial charge in [0, 0.05) is 18.7 Å². The first-order chi connectivity index (χ1) is 8.33. The van der Waals surface area contributed by atoms with Crippen molar-refractivity contribution in [3.63, 3.8) is 0 Å². The molecule has 3 amide bonds. The summed E-state index contributed by atoms with van der Waals surface area (Å²) in [7, 11) is 0. The molecule has 0 saturated carbocycles. The SMILES string of the molecule is CC1(C)COCCN1C(=O)NC(=O)C=CC(=O)O. The van der Waals surface area contributed by atoms with E-state index in [0.717, 1.165) is 6.08 Å². The van der Waals surface area contributed by atoms with Gasteiger partial charge in [0.05, 0.1) is 18.8 Å². The number of nitrogens with zero attached hydrogens (tertiary/aromatic N) is 1. The highest BCUT2D eigenvalue weighted by Crippen LogP contribution is 2.18. The summed E-state index contributed by atoms with van der Waals surface area (Å²) >= 11 is 0. The standard InChI is InChI=1S/C11H16N2O5/c1-11(2)7-18-6-5-13(11)10(17)12-8(14)3-4-9(15)16/h3-4H,5-7H2,1-2H3,(H,15,16)(H,12,14,17). The Morgan fingerprint density at radius 3 is 2.56 bits per heavy atom. The first kappa shape index (κ1) is 14.2. The minimum Gasteiger partial charge on any atom is -0.478 e. The predicted molar refractivity (Wildman–Crippen MR) is 61.9 cm³/mol. The lowest BCUT2D eigenvalue weighted by molar-refractivity contribution is -0.131. The van der Waals surface area contributed by atoms with Crippen molar-refractivity contribution < 1.29 is 24.2 Å². The highest BCUT2D eigenvalue weighted by Gasteiger charge is 2.34. The number of amides is 3. The zero-order valence-electron chi connectivity index (χ0n) is 10.3. The molecule has 18 heavy (non-hydrogen) atoms. The van der Waals surface area contributed by atoms with Crippen LogP contribution in [0.1, 0.15) is 13.8 Å². The summed E-state index contributed by atoms with van der Waals surface area (Å²) in [6.45, 7) is 4.83. The van der Waals surface area contributed by atoms with Crippen LogP contribution in [0.25, 0.3) is 0 Å². The minimum atomic E-state index is -1.25. The van der Waals surface area contributed by atoms with Crippen LogP contribution >= 0.6 is 0 Å². The smallest absolute Gasteiger partial charge is 0.328 e. The van der Waals surface area contributed by atoms with Gasteiger partial charge in [-0.25, -0.2) is 9.59 Å². The molecule has 0 aromatic heterocycles. The largest absolute Gasteiger partial charge is 0.478 e. The zero-order chi connectivity index (χ0) is 13.8. The third-order valence-corrected chi connectivity index (χ3v) is 2.50. The quantitative estimate of drug-likeness (QED) is 0.676. The lowest BCUT2D eigenvalue weighted by Crippen LogP contribution is -2.58. The number of ether oxygens (including phenoxy) is 1. The number of carboxylic acids is 1. The van der Waals surface area contributed by atoms with E-state index < -0.39 is 23.4 Å². The molecular formula is C11H16N2O5. The molecule has 0 aromatic carbocycles. The Kier molecular flexibility index (Phi) is 4.43. The third kappa shape index (κ3) is 3.85. The van der Waals surface area contributed by atoms with Crippen molar-refractivity contribution in [3.8, 4) is 0 Å². The van der Waals surface area contributed by atoms with E-state index in [0.29, 0.717) is 25.8 Å². The van der Waals surface area contributed by atoms with E-state index in [4.69, 9.17) is 9.84 Å². The molecule has 7 nitrogen and oxygen atoms in total. The van der Waals surface area contributed by atoms with Gasteiger partial charge in [-0.2, -0.15) is 0 Å². The number of hydrogen-bond donors (Lipinski definition) is 2. The summed E-state index contributed by atoms with van der Waals surface area (Å²) in [6.07, 6.45) is 1.47. The second-order valence-electron chi connectivity index (χ2n) is 4.48. The van der Waals surface area contributed by atoms with Crippen LogP contribution in [0.4, 0.5) is 4.79 Å². The van der Waals surface area contributed by atoms with E-state index in [9.17, 15) is 14.4 Å². The van der Waals surface area contributed by atoms with Gasteiger partial charge >= 0.3 is 12.0 Å².